The number of hydroxylamine groups is 1. The summed E-state index contributed by atoms with van der Waals surface area (Å²) in [7, 11) is 2.83. The Hall–Kier alpha value is -2.53. The summed E-state index contributed by atoms with van der Waals surface area (Å²) in [6, 6.07) is 6.28. The van der Waals surface area contributed by atoms with Crippen LogP contribution in [0.25, 0.3) is 0 Å². The zero-order valence-corrected chi connectivity index (χ0v) is 18.4. The zero-order chi connectivity index (χ0) is 21.8. The topological polar surface area (TPSA) is 97.4 Å². The summed E-state index contributed by atoms with van der Waals surface area (Å²) < 4.78 is 12.6. The number of rotatable bonds is 10. The van der Waals surface area contributed by atoms with Crippen molar-refractivity contribution < 1.29 is 28.7 Å². The number of carbonyl (C=O) groups excluding carboxylic acids is 3. The normalized spacial score (nSPS) is 9.93. The molecule has 2 amide bonds. The molecule has 0 atom stereocenters. The largest absolute Gasteiger partial charge is 0.462 e. The van der Waals surface area contributed by atoms with Gasteiger partial charge in [0.15, 0.2) is 0 Å². The summed E-state index contributed by atoms with van der Waals surface area (Å²) in [5, 5.41) is 0.451. The van der Waals surface area contributed by atoms with Gasteiger partial charge in [0.1, 0.15) is 11.3 Å². The maximum atomic E-state index is 12.3. The molecule has 29 heavy (non-hydrogen) atoms. The van der Waals surface area contributed by atoms with Crippen molar-refractivity contribution in [3.05, 3.63) is 41.4 Å². The smallest absolute Gasteiger partial charge is 0.445 e. The molecule has 0 saturated carbocycles. The number of unbranched alkanes of at least 4 members (excludes halogenated alkanes) is 1. The molecule has 0 aliphatic heterocycles. The lowest BCUT2D eigenvalue weighted by atomic mass is 10.2. The highest BCUT2D eigenvalue weighted by atomic mass is 32.2. The molecule has 1 N–H and O–H groups in total. The number of ether oxygens (including phenoxy) is 2. The number of nitrogens with one attached hydrogen (secondary N) is 1. The Bertz CT molecular complexity index is 731. The maximum absolute atomic E-state index is 12.3. The summed E-state index contributed by atoms with van der Waals surface area (Å²) in [5.41, 5.74) is 2.52. The van der Waals surface area contributed by atoms with Gasteiger partial charge in [-0.3, -0.25) is 0 Å². The first-order valence-corrected chi connectivity index (χ1v) is 10.6. The predicted molar refractivity (Wildman–Crippen MR) is 113 cm³/mol. The van der Waals surface area contributed by atoms with Crippen LogP contribution in [0.3, 0.4) is 0 Å². The average molecular weight is 444 g/mol. The second-order valence-electron chi connectivity index (χ2n) is 5.53. The van der Waals surface area contributed by atoms with E-state index >= 15 is 0 Å². The fourth-order valence-corrected chi connectivity index (χ4v) is 2.43. The number of carbonyl (C=O) groups is 3. The van der Waals surface area contributed by atoms with Crippen molar-refractivity contribution in [2.75, 3.05) is 27.0 Å². The second kappa shape index (κ2) is 12.8. The van der Waals surface area contributed by atoms with Crippen LogP contribution in [-0.2, 0) is 9.57 Å². The Morgan fingerprint density at radius 3 is 2.45 bits per heavy atom. The highest BCUT2D eigenvalue weighted by Crippen LogP contribution is 2.22. The molecule has 160 valence electrons. The number of hydrogen-bond acceptors (Lipinski definition) is 9. The van der Waals surface area contributed by atoms with Gasteiger partial charge in [-0.05, 0) is 24.8 Å². The van der Waals surface area contributed by atoms with Crippen LogP contribution < -0.4 is 10.2 Å². The fourth-order valence-electron chi connectivity index (χ4n) is 1.73. The Morgan fingerprint density at radius 1 is 1.14 bits per heavy atom. The maximum Gasteiger partial charge on any atom is 0.445 e. The molecule has 1 aromatic rings. The molecule has 0 spiro atoms. The lowest BCUT2D eigenvalue weighted by molar-refractivity contribution is 0.0496. The number of nitrogens with zero attached hydrogens (tertiary/aromatic N) is 2. The van der Waals surface area contributed by atoms with E-state index in [2.05, 4.69) is 12.1 Å². The van der Waals surface area contributed by atoms with Crippen LogP contribution in [0.2, 0.25) is 0 Å². The number of benzene rings is 1. The lowest BCUT2D eigenvalue weighted by Gasteiger charge is -2.21. The zero-order valence-electron chi connectivity index (χ0n) is 16.8. The molecule has 0 aromatic heterocycles. The fraction of sp³-hybridized carbons (Fsp3) is 0.389. The van der Waals surface area contributed by atoms with Crippen LogP contribution in [0.1, 0.15) is 30.1 Å². The number of amides is 2. The summed E-state index contributed by atoms with van der Waals surface area (Å²) in [5.74, 6) is -0.507. The van der Waals surface area contributed by atoms with E-state index in [4.69, 9.17) is 14.3 Å². The van der Waals surface area contributed by atoms with E-state index in [1.165, 1.54) is 38.0 Å². The molecular weight excluding hydrogens is 418 g/mol. The first-order valence-electron chi connectivity index (χ1n) is 8.63. The summed E-state index contributed by atoms with van der Waals surface area (Å²) in [6.07, 6.45) is 1.87. The van der Waals surface area contributed by atoms with Crippen LogP contribution in [0.15, 0.2) is 35.9 Å². The minimum Gasteiger partial charge on any atom is -0.462 e. The Kier molecular flexibility index (Phi) is 10.8. The SMILES string of the molecule is C=C(NOC(=O)N(C)SN(C)C(=O)Oc1ccccc1C(=O)OCCCC)SC. The van der Waals surface area contributed by atoms with Crippen LogP contribution in [0.4, 0.5) is 9.59 Å². The van der Waals surface area contributed by atoms with Crippen LogP contribution >= 0.6 is 23.9 Å². The van der Waals surface area contributed by atoms with E-state index in [0.717, 1.165) is 33.6 Å². The molecule has 1 rings (SSSR count). The van der Waals surface area contributed by atoms with Gasteiger partial charge in [-0.1, -0.05) is 32.1 Å². The molecule has 9 nitrogen and oxygen atoms in total. The molecule has 0 unspecified atom stereocenters. The summed E-state index contributed by atoms with van der Waals surface area (Å²) in [4.78, 5) is 41.2. The van der Waals surface area contributed by atoms with Crippen molar-refractivity contribution in [1.82, 2.24) is 14.1 Å². The highest BCUT2D eigenvalue weighted by Gasteiger charge is 2.22. The number of thioether (sulfide) groups is 1. The Labute approximate surface area is 178 Å². The van der Waals surface area contributed by atoms with Crippen molar-refractivity contribution >= 4 is 42.1 Å². The molecular formula is C18H25N3O6S2. The van der Waals surface area contributed by atoms with Gasteiger partial charge in [0.2, 0.25) is 0 Å². The van der Waals surface area contributed by atoms with Crippen LogP contribution in [-0.4, -0.2) is 53.7 Å². The van der Waals surface area contributed by atoms with Crippen molar-refractivity contribution in [1.29, 1.82) is 0 Å². The summed E-state index contributed by atoms with van der Waals surface area (Å²) in [6.45, 7) is 5.89. The molecule has 0 fully saturated rings. The minimum atomic E-state index is -0.787. The third-order valence-electron chi connectivity index (χ3n) is 3.29. The van der Waals surface area contributed by atoms with Gasteiger partial charge in [0.25, 0.3) is 0 Å². The van der Waals surface area contributed by atoms with E-state index in [-0.39, 0.29) is 17.9 Å². The van der Waals surface area contributed by atoms with Gasteiger partial charge in [-0.2, -0.15) is 0 Å². The van der Waals surface area contributed by atoms with Crippen molar-refractivity contribution in [3.8, 4) is 5.75 Å². The minimum absolute atomic E-state index is 0.0645. The molecule has 11 heteroatoms. The Balaban J connectivity index is 2.65. The van der Waals surface area contributed by atoms with Crippen molar-refractivity contribution in [3.63, 3.8) is 0 Å². The van der Waals surface area contributed by atoms with E-state index < -0.39 is 18.2 Å². The predicted octanol–water partition coefficient (Wildman–Crippen LogP) is 4.04. The highest BCUT2D eigenvalue weighted by molar-refractivity contribution is 8.02. The van der Waals surface area contributed by atoms with Crippen molar-refractivity contribution in [2.45, 2.75) is 19.8 Å². The van der Waals surface area contributed by atoms with Gasteiger partial charge in [0.05, 0.1) is 23.8 Å². The molecule has 0 radical (unpaired) electrons. The second-order valence-corrected chi connectivity index (χ2v) is 7.69. The molecule has 0 bridgehead atoms. The van der Waals surface area contributed by atoms with Gasteiger partial charge >= 0.3 is 18.2 Å². The lowest BCUT2D eigenvalue weighted by Crippen LogP contribution is -2.33. The van der Waals surface area contributed by atoms with E-state index in [1.54, 1.807) is 18.4 Å². The molecule has 0 saturated heterocycles. The van der Waals surface area contributed by atoms with E-state index in [0.29, 0.717) is 5.03 Å². The number of para-hydroxylation sites is 1. The first-order chi connectivity index (χ1) is 13.8. The van der Waals surface area contributed by atoms with Gasteiger partial charge < -0.3 is 14.3 Å². The van der Waals surface area contributed by atoms with Crippen molar-refractivity contribution in [2.24, 2.45) is 0 Å². The van der Waals surface area contributed by atoms with Crippen LogP contribution in [0, 0.1) is 0 Å². The van der Waals surface area contributed by atoms with Crippen LogP contribution in [0.5, 0.6) is 5.75 Å². The number of esters is 1. The molecule has 0 aliphatic rings. The average Bonchev–Trinajstić information content (AvgIpc) is 2.71. The van der Waals surface area contributed by atoms with E-state index in [1.807, 2.05) is 6.92 Å². The Morgan fingerprint density at radius 2 is 1.79 bits per heavy atom. The standard InChI is InChI=1S/C18H25N3O6S2/c1-6-7-12-25-16(22)14-10-8-9-11-15(14)26-17(23)20(3)29-21(4)18(24)27-19-13(2)28-5/h8-11,19H,2,6-7,12H2,1,3-5H3. The quantitative estimate of drug-likeness (QED) is 0.249. The molecule has 1 aromatic carbocycles. The van der Waals surface area contributed by atoms with Gasteiger partial charge in [-0.15, -0.1) is 11.8 Å². The molecule has 0 aliphatic carbocycles. The van der Waals surface area contributed by atoms with Gasteiger partial charge in [0, 0.05) is 14.1 Å². The van der Waals surface area contributed by atoms with E-state index in [9.17, 15) is 14.4 Å². The number of hydrogen-bond donors (Lipinski definition) is 1. The third kappa shape index (κ3) is 8.57. The van der Waals surface area contributed by atoms with Gasteiger partial charge in [-0.25, -0.2) is 28.5 Å². The molecule has 0 heterocycles. The monoisotopic (exact) mass is 443 g/mol. The first kappa shape index (κ1) is 24.5. The third-order valence-corrected chi connectivity index (χ3v) is 4.66. The summed E-state index contributed by atoms with van der Waals surface area (Å²) >= 11 is 2.03.